The maximum atomic E-state index is 11.4. The van der Waals surface area contributed by atoms with E-state index >= 15 is 0 Å². The van der Waals surface area contributed by atoms with Crippen LogP contribution in [0.2, 0.25) is 5.02 Å². The van der Waals surface area contributed by atoms with Crippen LogP contribution in [-0.2, 0) is 6.42 Å². The Bertz CT molecular complexity index is 589. The summed E-state index contributed by atoms with van der Waals surface area (Å²) in [6.45, 7) is 8.16. The maximum absolute atomic E-state index is 11.4. The van der Waals surface area contributed by atoms with Gasteiger partial charge in [0, 0.05) is 5.02 Å². The highest BCUT2D eigenvalue weighted by Gasteiger charge is 2.45. The molecule has 0 saturated carbocycles. The molecule has 2 rings (SSSR count). The van der Waals surface area contributed by atoms with E-state index < -0.39 is 5.60 Å². The van der Waals surface area contributed by atoms with Crippen molar-refractivity contribution in [1.82, 2.24) is 14.8 Å². The van der Waals surface area contributed by atoms with Gasteiger partial charge in [0.05, 0.1) is 11.6 Å². The summed E-state index contributed by atoms with van der Waals surface area (Å²) < 4.78 is 1.73. The Morgan fingerprint density at radius 1 is 1.23 bits per heavy atom. The average molecular weight is 322 g/mol. The molecule has 0 amide bonds. The third-order valence-corrected chi connectivity index (χ3v) is 4.78. The van der Waals surface area contributed by atoms with Crippen LogP contribution in [-0.4, -0.2) is 25.5 Å². The summed E-state index contributed by atoms with van der Waals surface area (Å²) in [5.41, 5.74) is -0.0247. The van der Waals surface area contributed by atoms with E-state index in [2.05, 4.69) is 30.9 Å². The SMILES string of the molecule is CC(n1cncn1)C(O)(CCc1ccc(Cl)cc1)C(C)(C)C. The molecule has 2 atom stereocenters. The molecule has 0 aliphatic rings. The lowest BCUT2D eigenvalue weighted by atomic mass is 9.69. The summed E-state index contributed by atoms with van der Waals surface area (Å²) in [5, 5.41) is 16.3. The summed E-state index contributed by atoms with van der Waals surface area (Å²) in [7, 11) is 0. The van der Waals surface area contributed by atoms with Crippen LogP contribution in [0.3, 0.4) is 0 Å². The number of hydrogen-bond acceptors (Lipinski definition) is 3. The Balaban J connectivity index is 2.20. The Labute approximate surface area is 137 Å². The van der Waals surface area contributed by atoms with E-state index in [0.717, 1.165) is 17.0 Å². The summed E-state index contributed by atoms with van der Waals surface area (Å²) in [4.78, 5) is 3.99. The van der Waals surface area contributed by atoms with E-state index in [1.165, 1.54) is 6.33 Å². The Morgan fingerprint density at radius 3 is 2.36 bits per heavy atom. The first kappa shape index (κ1) is 17.0. The highest BCUT2D eigenvalue weighted by molar-refractivity contribution is 6.30. The van der Waals surface area contributed by atoms with E-state index in [9.17, 15) is 5.11 Å². The Kier molecular flexibility index (Phi) is 4.93. The molecule has 5 heteroatoms. The quantitative estimate of drug-likeness (QED) is 0.908. The van der Waals surface area contributed by atoms with Gasteiger partial charge in [-0.1, -0.05) is 44.5 Å². The normalized spacial score (nSPS) is 16.3. The molecule has 1 aromatic heterocycles. The largest absolute Gasteiger partial charge is 0.387 e. The lowest BCUT2D eigenvalue weighted by Gasteiger charge is -2.44. The monoisotopic (exact) mass is 321 g/mol. The van der Waals surface area contributed by atoms with Crippen LogP contribution in [0.15, 0.2) is 36.9 Å². The smallest absolute Gasteiger partial charge is 0.137 e. The lowest BCUT2D eigenvalue weighted by Crippen LogP contribution is -2.49. The first-order chi connectivity index (χ1) is 10.2. The van der Waals surface area contributed by atoms with Crippen molar-refractivity contribution < 1.29 is 5.11 Å². The number of aryl methyl sites for hydroxylation is 1. The summed E-state index contributed by atoms with van der Waals surface area (Å²) >= 11 is 5.92. The predicted octanol–water partition coefficient (Wildman–Crippen LogP) is 3.90. The molecule has 4 nitrogen and oxygen atoms in total. The highest BCUT2D eigenvalue weighted by Crippen LogP contribution is 2.42. The first-order valence-corrected chi connectivity index (χ1v) is 7.93. The third kappa shape index (κ3) is 3.50. The van der Waals surface area contributed by atoms with Gasteiger partial charge in [0.15, 0.2) is 0 Å². The fraction of sp³-hybridized carbons (Fsp3) is 0.529. The lowest BCUT2D eigenvalue weighted by molar-refractivity contribution is -0.102. The van der Waals surface area contributed by atoms with E-state index in [4.69, 9.17) is 11.6 Å². The fourth-order valence-electron chi connectivity index (χ4n) is 2.83. The molecule has 1 heterocycles. The molecule has 22 heavy (non-hydrogen) atoms. The van der Waals surface area contributed by atoms with Gasteiger partial charge >= 0.3 is 0 Å². The molecular weight excluding hydrogens is 298 g/mol. The molecule has 0 aliphatic heterocycles. The van der Waals surface area contributed by atoms with Crippen LogP contribution in [0.25, 0.3) is 0 Å². The van der Waals surface area contributed by atoms with Gasteiger partial charge in [-0.2, -0.15) is 5.10 Å². The van der Waals surface area contributed by atoms with Crippen LogP contribution < -0.4 is 0 Å². The van der Waals surface area contributed by atoms with E-state index in [1.54, 1.807) is 11.0 Å². The summed E-state index contributed by atoms with van der Waals surface area (Å²) in [6.07, 6.45) is 4.57. The molecule has 2 aromatic rings. The zero-order valence-electron chi connectivity index (χ0n) is 13.6. The van der Waals surface area contributed by atoms with Gasteiger partial charge in [0.2, 0.25) is 0 Å². The number of benzene rings is 1. The minimum atomic E-state index is -0.902. The van der Waals surface area contributed by atoms with E-state index in [-0.39, 0.29) is 11.5 Å². The van der Waals surface area contributed by atoms with Gasteiger partial charge in [0.25, 0.3) is 0 Å². The van der Waals surface area contributed by atoms with Crippen molar-refractivity contribution in [1.29, 1.82) is 0 Å². The number of rotatable bonds is 5. The topological polar surface area (TPSA) is 50.9 Å². The minimum Gasteiger partial charge on any atom is -0.387 e. The molecule has 0 bridgehead atoms. The van der Waals surface area contributed by atoms with Gasteiger partial charge in [-0.05, 0) is 42.9 Å². The third-order valence-electron chi connectivity index (χ3n) is 4.53. The van der Waals surface area contributed by atoms with Crippen LogP contribution in [0, 0.1) is 5.41 Å². The molecule has 1 aromatic carbocycles. The maximum Gasteiger partial charge on any atom is 0.137 e. The molecule has 0 aliphatic carbocycles. The molecule has 0 radical (unpaired) electrons. The number of aromatic nitrogens is 3. The van der Waals surface area contributed by atoms with Crippen molar-refractivity contribution in [3.05, 3.63) is 47.5 Å². The standard InChI is InChI=1S/C17H24ClN3O/c1-13(21-12-19-11-20-21)17(22,16(2,3)4)10-9-14-5-7-15(18)8-6-14/h5-8,11-13,22H,9-10H2,1-4H3. The minimum absolute atomic E-state index is 0.165. The van der Waals surface area contributed by atoms with Gasteiger partial charge < -0.3 is 5.11 Å². The van der Waals surface area contributed by atoms with Crippen molar-refractivity contribution in [2.45, 2.75) is 52.2 Å². The van der Waals surface area contributed by atoms with Crippen molar-refractivity contribution in [2.24, 2.45) is 5.41 Å². The zero-order chi connectivity index (χ0) is 16.4. The molecule has 120 valence electrons. The van der Waals surface area contributed by atoms with Gasteiger partial charge in [-0.15, -0.1) is 0 Å². The van der Waals surface area contributed by atoms with Crippen LogP contribution in [0.4, 0.5) is 0 Å². The molecule has 0 fully saturated rings. The highest BCUT2D eigenvalue weighted by atomic mass is 35.5. The van der Waals surface area contributed by atoms with Gasteiger partial charge in [-0.3, -0.25) is 0 Å². The molecule has 1 N–H and O–H groups in total. The van der Waals surface area contributed by atoms with Gasteiger partial charge in [-0.25, -0.2) is 9.67 Å². The average Bonchev–Trinajstić information content (AvgIpc) is 2.98. The summed E-state index contributed by atoms with van der Waals surface area (Å²) in [5.74, 6) is 0. The van der Waals surface area contributed by atoms with Crippen molar-refractivity contribution in [3.63, 3.8) is 0 Å². The number of nitrogens with zero attached hydrogens (tertiary/aromatic N) is 3. The zero-order valence-corrected chi connectivity index (χ0v) is 14.4. The van der Waals surface area contributed by atoms with E-state index in [0.29, 0.717) is 6.42 Å². The molecule has 0 saturated heterocycles. The van der Waals surface area contributed by atoms with E-state index in [1.807, 2.05) is 31.2 Å². The predicted molar refractivity (Wildman–Crippen MR) is 88.9 cm³/mol. The van der Waals surface area contributed by atoms with Crippen LogP contribution in [0.1, 0.15) is 45.7 Å². The molecule has 2 unspecified atom stereocenters. The Morgan fingerprint density at radius 2 is 1.86 bits per heavy atom. The number of aliphatic hydroxyl groups is 1. The molecule has 0 spiro atoms. The van der Waals surface area contributed by atoms with Crippen molar-refractivity contribution in [3.8, 4) is 0 Å². The molecular formula is C17H24ClN3O. The second kappa shape index (κ2) is 6.39. The number of halogens is 1. The fourth-order valence-corrected chi connectivity index (χ4v) is 2.96. The van der Waals surface area contributed by atoms with Crippen molar-refractivity contribution >= 4 is 11.6 Å². The van der Waals surface area contributed by atoms with Gasteiger partial charge in [0.1, 0.15) is 12.7 Å². The summed E-state index contributed by atoms with van der Waals surface area (Å²) in [6, 6.07) is 7.61. The first-order valence-electron chi connectivity index (χ1n) is 7.55. The Hall–Kier alpha value is -1.39. The second-order valence-corrected chi connectivity index (χ2v) is 7.29. The second-order valence-electron chi connectivity index (χ2n) is 6.85. The van der Waals surface area contributed by atoms with Crippen LogP contribution in [0.5, 0.6) is 0 Å². The van der Waals surface area contributed by atoms with Crippen molar-refractivity contribution in [2.75, 3.05) is 0 Å². The number of hydrogen-bond donors (Lipinski definition) is 1. The van der Waals surface area contributed by atoms with Crippen LogP contribution >= 0.6 is 11.6 Å².